The first-order chi connectivity index (χ1) is 31.5. The Labute approximate surface area is 383 Å². The number of hydrogen-bond donors (Lipinski definition) is 8. The molecule has 1 aromatic heterocycles. The fraction of sp³-hybridized carbons (Fsp3) is 0.510. The van der Waals surface area contributed by atoms with Crippen molar-refractivity contribution in [1.29, 1.82) is 0 Å². The van der Waals surface area contributed by atoms with Crippen molar-refractivity contribution in [3.63, 3.8) is 0 Å². The molecule has 0 radical (unpaired) electrons. The molecule has 65 heavy (non-hydrogen) atoms. The van der Waals surface area contributed by atoms with E-state index in [1.165, 1.54) is 11.6 Å². The zero-order chi connectivity index (χ0) is 44.4. The Kier molecular flexibility index (Phi) is 9.21. The first-order valence-electron chi connectivity index (χ1n) is 23.3. The average Bonchev–Trinajstić information content (AvgIpc) is 4.03. The minimum absolute atomic E-state index is 0.0919. The van der Waals surface area contributed by atoms with Gasteiger partial charge in [0.2, 0.25) is 5.79 Å². The molecule has 3 saturated heterocycles. The molecular formula is C51H54N2O10S2. The molecule has 5 aliphatic carbocycles. The summed E-state index contributed by atoms with van der Waals surface area (Å²) in [5.41, 5.74) is -0.547. The highest BCUT2D eigenvalue weighted by molar-refractivity contribution is 8.76. The van der Waals surface area contributed by atoms with Crippen molar-refractivity contribution in [3.8, 4) is 11.5 Å². The third-order valence-corrected chi connectivity index (χ3v) is 20.7. The second-order valence-electron chi connectivity index (χ2n) is 20.4. The Morgan fingerprint density at radius 2 is 1.71 bits per heavy atom. The quantitative estimate of drug-likeness (QED) is 0.0459. The predicted molar refractivity (Wildman–Crippen MR) is 247 cm³/mol. The van der Waals surface area contributed by atoms with Crippen LogP contribution in [0.15, 0.2) is 78.9 Å². The van der Waals surface area contributed by atoms with Crippen molar-refractivity contribution >= 4 is 60.0 Å². The van der Waals surface area contributed by atoms with Gasteiger partial charge < -0.3 is 55.2 Å². The standard InChI is InChI=1S/C51H54N2O10S2/c1-52-39-23-65-64-22-27-17-29-8-7-28-14-15-48(49(28,29)35-10-9-30(55)19-31(27)35)44(57)34(39)20-33-36-11-13-40(56)51(60)50(36,59)46(62-45(33)48)43(63-51)47(58)61-42-38(21-54)53-37-12-6-26-16-24-4-2-3-5-25(24)18-32(26)41(37)42/h2-6,9-13,16,18-19,27-29,33-34,36,39-40,43-46,52-57,59-60H,7-8,14-15,17,20-23H2,1H3. The third kappa shape index (κ3) is 5.17. The van der Waals surface area contributed by atoms with Gasteiger partial charge in [0, 0.05) is 40.2 Å². The number of carbonyl (C=O) groups is 1. The third-order valence-electron chi connectivity index (χ3n) is 18.2. The first-order valence-corrected chi connectivity index (χ1v) is 25.8. The van der Waals surface area contributed by atoms with Crippen LogP contribution in [-0.4, -0.2) is 108 Å². The van der Waals surface area contributed by atoms with E-state index in [4.69, 9.17) is 14.2 Å². The molecule has 9 aliphatic rings. The van der Waals surface area contributed by atoms with Gasteiger partial charge in [-0.15, -0.1) is 0 Å². The lowest BCUT2D eigenvalue weighted by Gasteiger charge is -2.68. The van der Waals surface area contributed by atoms with E-state index >= 15 is 4.79 Å². The highest BCUT2D eigenvalue weighted by atomic mass is 33.1. The Morgan fingerprint density at radius 1 is 0.908 bits per heavy atom. The zero-order valence-corrected chi connectivity index (χ0v) is 37.6. The monoisotopic (exact) mass is 918 g/mol. The molecule has 340 valence electrons. The summed E-state index contributed by atoms with van der Waals surface area (Å²) < 4.78 is 20.2. The molecule has 16 unspecified atom stereocenters. The average molecular weight is 919 g/mol. The van der Waals surface area contributed by atoms with Gasteiger partial charge in [-0.1, -0.05) is 70.1 Å². The lowest BCUT2D eigenvalue weighted by atomic mass is 9.41. The van der Waals surface area contributed by atoms with Crippen molar-refractivity contribution in [2.75, 3.05) is 18.6 Å². The van der Waals surface area contributed by atoms with Crippen LogP contribution in [0.4, 0.5) is 0 Å². The maximum atomic E-state index is 15.1. The topological polar surface area (TPSA) is 194 Å². The Bertz CT molecular complexity index is 2840. The number of fused-ring (bicyclic) bond motifs is 10. The van der Waals surface area contributed by atoms with E-state index in [2.05, 4.69) is 22.4 Å². The van der Waals surface area contributed by atoms with Gasteiger partial charge in [-0.2, -0.15) is 0 Å². The maximum Gasteiger partial charge on any atom is 0.343 e. The second-order valence-corrected chi connectivity index (χ2v) is 23.0. The van der Waals surface area contributed by atoms with Crippen LogP contribution in [0.3, 0.4) is 0 Å². The van der Waals surface area contributed by atoms with Gasteiger partial charge in [0.05, 0.1) is 35.4 Å². The summed E-state index contributed by atoms with van der Waals surface area (Å²) in [6.07, 6.45) is 1.60. The van der Waals surface area contributed by atoms with Crippen LogP contribution >= 0.6 is 21.6 Å². The molecule has 2 spiro atoms. The van der Waals surface area contributed by atoms with E-state index in [1.54, 1.807) is 22.9 Å². The first kappa shape index (κ1) is 41.5. The van der Waals surface area contributed by atoms with Crippen LogP contribution < -0.4 is 10.1 Å². The molecule has 5 aromatic rings. The zero-order valence-electron chi connectivity index (χ0n) is 35.9. The number of nitrogens with one attached hydrogen (secondary N) is 2. The Hall–Kier alpha value is -3.67. The fourth-order valence-electron chi connectivity index (χ4n) is 15.8. The number of aromatic hydroxyl groups is 1. The molecule has 4 bridgehead atoms. The number of phenols is 1. The van der Waals surface area contributed by atoms with Crippen LogP contribution in [0.1, 0.15) is 61.3 Å². The molecule has 5 heterocycles. The van der Waals surface area contributed by atoms with Gasteiger partial charge in [0.1, 0.15) is 18.0 Å². The number of aromatic nitrogens is 1. The van der Waals surface area contributed by atoms with Gasteiger partial charge in [-0.25, -0.2) is 4.79 Å². The number of carbonyl (C=O) groups excluding carboxylic acids is 1. The van der Waals surface area contributed by atoms with Gasteiger partial charge >= 0.3 is 5.97 Å². The molecule has 12 nitrogen and oxygen atoms in total. The maximum absolute atomic E-state index is 15.1. The van der Waals surface area contributed by atoms with Crippen LogP contribution in [0.5, 0.6) is 11.5 Å². The van der Waals surface area contributed by atoms with E-state index in [1.807, 2.05) is 66.4 Å². The molecule has 3 saturated carbocycles. The van der Waals surface area contributed by atoms with Crippen molar-refractivity contribution < 1.29 is 49.6 Å². The number of aromatic amines is 1. The number of aliphatic hydroxyl groups excluding tert-OH is 3. The van der Waals surface area contributed by atoms with Crippen molar-refractivity contribution in [2.45, 2.75) is 104 Å². The summed E-state index contributed by atoms with van der Waals surface area (Å²) in [5, 5.41) is 80.9. The van der Waals surface area contributed by atoms with E-state index in [-0.39, 0.29) is 46.9 Å². The van der Waals surface area contributed by atoms with Gasteiger partial charge in [0.25, 0.3) is 0 Å². The van der Waals surface area contributed by atoms with Gasteiger partial charge in [-0.3, -0.25) is 0 Å². The summed E-state index contributed by atoms with van der Waals surface area (Å²) in [7, 11) is 5.60. The summed E-state index contributed by atoms with van der Waals surface area (Å²) in [5.74, 6) is -2.58. The smallest absolute Gasteiger partial charge is 0.343 e. The van der Waals surface area contributed by atoms with Crippen molar-refractivity contribution in [3.05, 3.63) is 95.7 Å². The molecule has 6 fully saturated rings. The molecule has 0 amide bonds. The van der Waals surface area contributed by atoms with E-state index in [0.29, 0.717) is 23.7 Å². The Balaban J connectivity index is 0.979. The van der Waals surface area contributed by atoms with Crippen molar-refractivity contribution in [1.82, 2.24) is 10.3 Å². The van der Waals surface area contributed by atoms with Gasteiger partial charge in [0.15, 0.2) is 17.5 Å². The molecule has 14 rings (SSSR count). The number of aliphatic hydroxyl groups is 5. The number of ether oxygens (including phenoxy) is 3. The Morgan fingerprint density at radius 3 is 2.52 bits per heavy atom. The van der Waals surface area contributed by atoms with Crippen LogP contribution in [0, 0.1) is 35.0 Å². The highest BCUT2D eigenvalue weighted by Crippen LogP contribution is 2.77. The molecular weight excluding hydrogens is 865 g/mol. The number of benzene rings is 4. The molecule has 4 aliphatic heterocycles. The fourth-order valence-corrected chi connectivity index (χ4v) is 18.6. The number of hydrogen-bond acceptors (Lipinski definition) is 13. The van der Waals surface area contributed by atoms with E-state index in [9.17, 15) is 30.6 Å². The normalized spacial score (nSPS) is 42.3. The number of H-pyrrole nitrogens is 1. The molecule has 16 atom stereocenters. The molecule has 14 heteroatoms. The summed E-state index contributed by atoms with van der Waals surface area (Å²) in [6.45, 7) is -0.475. The van der Waals surface area contributed by atoms with Crippen LogP contribution in [0.25, 0.3) is 32.4 Å². The van der Waals surface area contributed by atoms with Crippen LogP contribution in [0.2, 0.25) is 0 Å². The summed E-state index contributed by atoms with van der Waals surface area (Å²) >= 11 is 0. The SMILES string of the molecule is CNC1CSSCC2CC3CCC4CCC5(C(O)C1CC1C6C=CC(O)C7(O)OC(C(=O)Oc8c(CO)[nH]c9ccc%10cc%11ccccc%11cc%10c89)C(OC15)C67O)C43c1ccc(O)cc12. The lowest BCUT2D eigenvalue weighted by Crippen LogP contribution is -2.78. The van der Waals surface area contributed by atoms with Gasteiger partial charge in [-0.05, 0) is 132 Å². The minimum Gasteiger partial charge on any atom is -0.508 e. The second kappa shape index (κ2) is 14.4. The van der Waals surface area contributed by atoms with Crippen molar-refractivity contribution in [2.24, 2.45) is 35.0 Å². The molecule has 8 N–H and O–H groups in total. The predicted octanol–water partition coefficient (Wildman–Crippen LogP) is 5.92. The lowest BCUT2D eigenvalue weighted by molar-refractivity contribution is -0.351. The summed E-state index contributed by atoms with van der Waals surface area (Å²) in [4.78, 5) is 18.3. The number of rotatable bonds is 4. The minimum atomic E-state index is -2.65. The van der Waals surface area contributed by atoms with Crippen LogP contribution in [-0.2, 0) is 26.3 Å². The van der Waals surface area contributed by atoms with E-state index in [0.717, 1.165) is 64.3 Å². The number of phenolic OH excluding ortho intramolecular Hbond substituents is 1. The largest absolute Gasteiger partial charge is 0.508 e. The highest BCUT2D eigenvalue weighted by Gasteiger charge is 2.83. The summed E-state index contributed by atoms with van der Waals surface area (Å²) in [6, 6.07) is 21.7. The van der Waals surface area contributed by atoms with E-state index < -0.39 is 77.1 Å². The number of esters is 1. The molecule has 4 aromatic carbocycles.